The monoisotopic (exact) mass is 561 g/mol. The van der Waals surface area contributed by atoms with Gasteiger partial charge < -0.3 is 19.8 Å². The molecule has 0 spiro atoms. The minimum atomic E-state index is -2.77. The first kappa shape index (κ1) is 29.1. The van der Waals surface area contributed by atoms with Gasteiger partial charge in [-0.2, -0.15) is 0 Å². The third kappa shape index (κ3) is 6.81. The van der Waals surface area contributed by atoms with E-state index in [4.69, 9.17) is 4.52 Å². The zero-order valence-electron chi connectivity index (χ0n) is 22.4. The summed E-state index contributed by atoms with van der Waals surface area (Å²) in [5.41, 5.74) is 0.0193. The van der Waals surface area contributed by atoms with Gasteiger partial charge in [0.05, 0.1) is 29.1 Å². The number of hydrogen-bond acceptors (Lipinski definition) is 5. The molecular weight excluding hydrogens is 530 g/mol. The molecule has 1 aliphatic carbocycles. The minimum Gasteiger partial charge on any atom is -0.478 e. The number of halogens is 4. The van der Waals surface area contributed by atoms with Gasteiger partial charge in [0.2, 0.25) is 11.8 Å². The molecule has 1 aliphatic rings. The van der Waals surface area contributed by atoms with Gasteiger partial charge in [-0.05, 0) is 56.0 Å². The molecule has 0 unspecified atom stereocenters. The molecule has 0 bridgehead atoms. The average molecular weight is 562 g/mol. The largest absolute Gasteiger partial charge is 0.478 e. The molecule has 0 radical (unpaired) electrons. The van der Waals surface area contributed by atoms with Crippen molar-refractivity contribution in [2.75, 3.05) is 16.8 Å². The summed E-state index contributed by atoms with van der Waals surface area (Å²) in [6.07, 6.45) is -0.455. The molecule has 1 heterocycles. The number of nitrogens with zero attached hydrogens (tertiary/aromatic N) is 2. The van der Waals surface area contributed by atoms with E-state index in [9.17, 15) is 27.9 Å². The molecule has 214 valence electrons. The van der Waals surface area contributed by atoms with Gasteiger partial charge in [-0.15, -0.1) is 0 Å². The van der Waals surface area contributed by atoms with E-state index in [1.54, 1.807) is 13.0 Å². The number of aryl methyl sites for hydroxylation is 1. The van der Waals surface area contributed by atoms with Crippen LogP contribution in [-0.4, -0.2) is 40.6 Å². The number of carboxylic acids is 1. The predicted octanol–water partition coefficient (Wildman–Crippen LogP) is 6.85. The highest BCUT2D eigenvalue weighted by Crippen LogP contribution is 2.41. The van der Waals surface area contributed by atoms with Crippen LogP contribution in [0.25, 0.3) is 11.1 Å². The summed E-state index contributed by atoms with van der Waals surface area (Å²) < 4.78 is 62.9. The van der Waals surface area contributed by atoms with E-state index in [-0.39, 0.29) is 72.1 Å². The number of amides is 1. The van der Waals surface area contributed by atoms with E-state index < -0.39 is 29.4 Å². The topological polar surface area (TPSA) is 95.7 Å². The van der Waals surface area contributed by atoms with Crippen molar-refractivity contribution in [3.63, 3.8) is 0 Å². The molecule has 0 aliphatic heterocycles. The van der Waals surface area contributed by atoms with Crippen LogP contribution in [0.2, 0.25) is 0 Å². The summed E-state index contributed by atoms with van der Waals surface area (Å²) in [6, 6.07) is 6.59. The van der Waals surface area contributed by atoms with Crippen LogP contribution < -0.4 is 10.2 Å². The minimum absolute atomic E-state index is 0.0636. The molecule has 0 saturated heterocycles. The Morgan fingerprint density at radius 3 is 2.42 bits per heavy atom. The molecule has 0 atom stereocenters. The second kappa shape index (κ2) is 11.7. The summed E-state index contributed by atoms with van der Waals surface area (Å²) in [5.74, 6) is -5.69. The van der Waals surface area contributed by atoms with Crippen LogP contribution in [0.1, 0.15) is 61.3 Å². The predicted molar refractivity (Wildman–Crippen MR) is 142 cm³/mol. The Bertz CT molecular complexity index is 1400. The second-order valence-electron chi connectivity index (χ2n) is 10.6. The Labute approximate surface area is 229 Å². The maximum atomic E-state index is 15.8. The number of rotatable bonds is 9. The molecule has 1 saturated carbocycles. The Kier molecular flexibility index (Phi) is 8.51. The van der Waals surface area contributed by atoms with E-state index in [1.807, 2.05) is 18.7 Å². The molecule has 2 aromatic carbocycles. The number of aromatic carboxylic acids is 1. The maximum Gasteiger partial charge on any atom is 0.336 e. The SMILES string of the molecule is Cc1cc(CC(=O)Nc2cc(-c3cc(F)ccc3C(=O)O)c(F)cc2N(CC(C)C)C2CCC(F)(F)CC2)no1. The van der Waals surface area contributed by atoms with Gasteiger partial charge in [0.15, 0.2) is 0 Å². The zero-order valence-corrected chi connectivity index (χ0v) is 22.4. The van der Waals surface area contributed by atoms with E-state index in [1.165, 1.54) is 6.07 Å². The van der Waals surface area contributed by atoms with Gasteiger partial charge in [-0.25, -0.2) is 22.4 Å². The normalized spacial score (nSPS) is 15.3. The number of aromatic nitrogens is 1. The number of nitrogens with one attached hydrogen (secondary N) is 1. The number of hydrogen-bond donors (Lipinski definition) is 2. The first-order chi connectivity index (χ1) is 18.8. The molecule has 3 aromatic rings. The first-order valence-electron chi connectivity index (χ1n) is 13.1. The molecule has 1 fully saturated rings. The number of carbonyl (C=O) groups is 2. The van der Waals surface area contributed by atoms with Crippen LogP contribution in [0.3, 0.4) is 0 Å². The van der Waals surface area contributed by atoms with Crippen molar-refractivity contribution >= 4 is 23.3 Å². The van der Waals surface area contributed by atoms with E-state index in [2.05, 4.69) is 10.5 Å². The highest BCUT2D eigenvalue weighted by molar-refractivity contribution is 5.99. The summed E-state index contributed by atoms with van der Waals surface area (Å²) in [6.45, 7) is 5.94. The summed E-state index contributed by atoms with van der Waals surface area (Å²) >= 11 is 0. The highest BCUT2D eigenvalue weighted by atomic mass is 19.3. The third-order valence-corrected chi connectivity index (χ3v) is 6.88. The van der Waals surface area contributed by atoms with Gasteiger partial charge in [0, 0.05) is 42.6 Å². The van der Waals surface area contributed by atoms with Crippen molar-refractivity contribution in [2.45, 2.75) is 64.8 Å². The Morgan fingerprint density at radius 1 is 1.12 bits per heavy atom. The molecular formula is C29H31F4N3O4. The standard InChI is InChI=1S/C29H31F4N3O4/c1-16(2)15-36(20-6-8-29(32,33)9-7-20)26-14-24(31)23(22-11-18(30)4-5-21(22)28(38)39)13-25(26)34-27(37)12-19-10-17(3)40-35-19/h4-5,10-11,13-14,16,20H,6-9,12,15H2,1-3H3,(H,34,37)(H,38,39). The van der Waals surface area contributed by atoms with Crippen LogP contribution >= 0.6 is 0 Å². The molecule has 11 heteroatoms. The summed E-state index contributed by atoms with van der Waals surface area (Å²) in [7, 11) is 0. The van der Waals surface area contributed by atoms with Crippen molar-refractivity contribution in [1.82, 2.24) is 5.16 Å². The van der Waals surface area contributed by atoms with Crippen molar-refractivity contribution < 1.29 is 36.8 Å². The summed E-state index contributed by atoms with van der Waals surface area (Å²) in [5, 5.41) is 16.2. The third-order valence-electron chi connectivity index (χ3n) is 6.88. The molecule has 7 nitrogen and oxygen atoms in total. The van der Waals surface area contributed by atoms with E-state index in [0.29, 0.717) is 18.0 Å². The Hall–Kier alpha value is -3.89. The maximum absolute atomic E-state index is 15.8. The van der Waals surface area contributed by atoms with E-state index in [0.717, 1.165) is 24.3 Å². The number of carbonyl (C=O) groups excluding carboxylic acids is 1. The lowest BCUT2D eigenvalue weighted by molar-refractivity contribution is -0.115. The number of carboxylic acid groups (broad SMARTS) is 1. The lowest BCUT2D eigenvalue weighted by atomic mass is 9.89. The van der Waals surface area contributed by atoms with Crippen molar-refractivity contribution in [3.8, 4) is 11.1 Å². The summed E-state index contributed by atoms with van der Waals surface area (Å²) in [4.78, 5) is 26.7. The Morgan fingerprint density at radius 2 is 1.82 bits per heavy atom. The van der Waals surface area contributed by atoms with Crippen molar-refractivity contribution in [2.24, 2.45) is 5.92 Å². The van der Waals surface area contributed by atoms with Crippen molar-refractivity contribution in [3.05, 3.63) is 65.1 Å². The smallest absolute Gasteiger partial charge is 0.336 e. The lowest BCUT2D eigenvalue weighted by Crippen LogP contribution is -2.43. The molecule has 2 N–H and O–H groups in total. The van der Waals surface area contributed by atoms with Gasteiger partial charge >= 0.3 is 5.97 Å². The highest BCUT2D eigenvalue weighted by Gasteiger charge is 2.38. The van der Waals surface area contributed by atoms with Crippen LogP contribution in [0.5, 0.6) is 0 Å². The number of alkyl halides is 2. The van der Waals surface area contributed by atoms with Gasteiger partial charge in [-0.3, -0.25) is 4.79 Å². The fourth-order valence-corrected chi connectivity index (χ4v) is 5.07. The van der Waals surface area contributed by atoms with Crippen LogP contribution in [-0.2, 0) is 11.2 Å². The second-order valence-corrected chi connectivity index (χ2v) is 10.6. The van der Waals surface area contributed by atoms with Gasteiger partial charge in [-0.1, -0.05) is 19.0 Å². The number of anilines is 2. The number of benzene rings is 2. The molecule has 1 amide bonds. The molecule has 1 aromatic heterocycles. The average Bonchev–Trinajstić information content (AvgIpc) is 3.27. The lowest BCUT2D eigenvalue weighted by Gasteiger charge is -2.40. The quantitative estimate of drug-likeness (QED) is 0.278. The van der Waals surface area contributed by atoms with E-state index >= 15 is 4.39 Å². The molecule has 4 rings (SSSR count). The van der Waals surface area contributed by atoms with Crippen LogP contribution in [0.15, 0.2) is 40.9 Å². The first-order valence-corrected chi connectivity index (χ1v) is 13.1. The fourth-order valence-electron chi connectivity index (χ4n) is 5.07. The Balaban J connectivity index is 1.82. The molecule has 40 heavy (non-hydrogen) atoms. The fraction of sp³-hybridized carbons (Fsp3) is 0.414. The van der Waals surface area contributed by atoms with Crippen LogP contribution in [0, 0.1) is 24.5 Å². The van der Waals surface area contributed by atoms with Gasteiger partial charge in [0.25, 0.3) is 0 Å². The zero-order chi connectivity index (χ0) is 29.2. The van der Waals surface area contributed by atoms with Gasteiger partial charge in [0.1, 0.15) is 17.4 Å². The van der Waals surface area contributed by atoms with Crippen molar-refractivity contribution in [1.29, 1.82) is 0 Å². The van der Waals surface area contributed by atoms with Crippen LogP contribution in [0.4, 0.5) is 28.9 Å².